The smallest absolute Gasteiger partial charge is 0.336 e. The molecule has 37 heavy (non-hydrogen) atoms. The minimum absolute atomic E-state index is 0.0408. The number of hydrogen-bond donors (Lipinski definition) is 2. The van der Waals surface area contributed by atoms with Crippen LogP contribution in [-0.2, 0) is 27.3 Å². The molecule has 2 aromatic carbocycles. The molecule has 1 aromatic heterocycles. The molecule has 10 nitrogen and oxygen atoms in total. The van der Waals surface area contributed by atoms with E-state index in [1.807, 2.05) is 0 Å². The third kappa shape index (κ3) is 4.69. The summed E-state index contributed by atoms with van der Waals surface area (Å²) >= 11 is 0. The molecule has 0 unspecified atom stereocenters. The third-order valence-electron chi connectivity index (χ3n) is 6.60. The molecule has 192 valence electrons. The van der Waals surface area contributed by atoms with E-state index < -0.39 is 34.6 Å². The van der Waals surface area contributed by atoms with E-state index in [2.05, 4.69) is 11.9 Å². The van der Waals surface area contributed by atoms with E-state index in [4.69, 9.17) is 0 Å². The minimum atomic E-state index is -1.25. The van der Waals surface area contributed by atoms with Crippen LogP contribution in [0.3, 0.4) is 0 Å². The fourth-order valence-corrected chi connectivity index (χ4v) is 4.46. The van der Waals surface area contributed by atoms with Gasteiger partial charge in [0.05, 0.1) is 16.6 Å². The van der Waals surface area contributed by atoms with Gasteiger partial charge in [-0.2, -0.15) is 0 Å². The number of carbonyl (C=O) groups is 3. The van der Waals surface area contributed by atoms with Gasteiger partial charge in [-0.3, -0.25) is 19.0 Å². The average Bonchev–Trinajstić information content (AvgIpc) is 3.69. The second-order valence-electron chi connectivity index (χ2n) is 9.36. The van der Waals surface area contributed by atoms with Crippen LogP contribution in [0.1, 0.15) is 18.4 Å². The molecule has 1 aliphatic carbocycles. The van der Waals surface area contributed by atoms with Crippen molar-refractivity contribution >= 4 is 28.7 Å². The summed E-state index contributed by atoms with van der Waals surface area (Å²) in [6, 6.07) is 11.9. The van der Waals surface area contributed by atoms with Crippen molar-refractivity contribution in [3.63, 3.8) is 0 Å². The first-order valence-electron chi connectivity index (χ1n) is 11.8. The maximum atomic E-state index is 13.2. The number of benzene rings is 2. The maximum Gasteiger partial charge on any atom is 0.336 e. The highest BCUT2D eigenvalue weighted by Gasteiger charge is 2.57. The van der Waals surface area contributed by atoms with Crippen LogP contribution in [0.2, 0.25) is 0 Å². The Morgan fingerprint density at radius 3 is 2.32 bits per heavy atom. The highest BCUT2D eigenvalue weighted by molar-refractivity contribution is 6.08. The van der Waals surface area contributed by atoms with E-state index >= 15 is 0 Å². The number of amides is 2. The van der Waals surface area contributed by atoms with Gasteiger partial charge in [0.15, 0.2) is 0 Å². The predicted molar refractivity (Wildman–Crippen MR) is 138 cm³/mol. The second kappa shape index (κ2) is 9.88. The highest BCUT2D eigenvalue weighted by atomic mass is 16.4. The summed E-state index contributed by atoms with van der Waals surface area (Å²) in [5.74, 6) is -2.18. The Morgan fingerprint density at radius 1 is 1.11 bits per heavy atom. The van der Waals surface area contributed by atoms with Crippen LogP contribution in [0, 0.1) is 5.41 Å². The number of carboxylic acid groups (broad SMARTS) is 1. The van der Waals surface area contributed by atoms with Gasteiger partial charge in [-0.25, -0.2) is 14.2 Å². The summed E-state index contributed by atoms with van der Waals surface area (Å²) in [7, 11) is 3.11. The van der Waals surface area contributed by atoms with E-state index in [-0.39, 0.29) is 18.9 Å². The number of aliphatic carboxylic acids is 1. The summed E-state index contributed by atoms with van der Waals surface area (Å²) in [6.07, 6.45) is 2.28. The molecule has 3 aromatic rings. The van der Waals surface area contributed by atoms with Crippen molar-refractivity contribution in [2.24, 2.45) is 5.41 Å². The first-order chi connectivity index (χ1) is 17.6. The molecule has 1 fully saturated rings. The largest absolute Gasteiger partial charge is 0.480 e. The minimum Gasteiger partial charge on any atom is -0.480 e. The predicted octanol–water partition coefficient (Wildman–Crippen LogP) is 1.32. The molecule has 1 aliphatic rings. The van der Waals surface area contributed by atoms with Gasteiger partial charge < -0.3 is 15.3 Å². The molecule has 4 rings (SSSR count). The number of aromatic nitrogens is 2. The molecular weight excluding hydrogens is 476 g/mol. The molecule has 10 heteroatoms. The van der Waals surface area contributed by atoms with Gasteiger partial charge in [-0.1, -0.05) is 30.3 Å². The van der Waals surface area contributed by atoms with Crippen LogP contribution >= 0.6 is 0 Å². The van der Waals surface area contributed by atoms with E-state index in [1.54, 1.807) is 68.7 Å². The van der Waals surface area contributed by atoms with Gasteiger partial charge in [-0.15, -0.1) is 6.58 Å². The molecule has 1 saturated carbocycles. The van der Waals surface area contributed by atoms with Crippen molar-refractivity contribution in [1.82, 2.24) is 19.4 Å². The Labute approximate surface area is 212 Å². The van der Waals surface area contributed by atoms with Crippen LogP contribution in [0.15, 0.2) is 70.8 Å². The van der Waals surface area contributed by atoms with Crippen LogP contribution < -0.4 is 16.6 Å². The second-order valence-corrected chi connectivity index (χ2v) is 9.36. The molecule has 0 radical (unpaired) electrons. The summed E-state index contributed by atoms with van der Waals surface area (Å²) in [5.41, 5.74) is -0.792. The van der Waals surface area contributed by atoms with E-state index in [1.165, 1.54) is 9.47 Å². The molecular formula is C27H28N4O6. The SMILES string of the molecule is C=CCn1c(=O)n(-c2ccc(C[C@H](NC(=O)C3(C(=O)N(C)C)CC3)C(=O)O)cc2)c(=O)c2ccccc21. The molecule has 0 spiro atoms. The Balaban J connectivity index is 1.61. The molecule has 0 aliphatic heterocycles. The summed E-state index contributed by atoms with van der Waals surface area (Å²) in [4.78, 5) is 64.7. The number of carbonyl (C=O) groups excluding carboxylic acids is 2. The number of nitrogens with zero attached hydrogens (tertiary/aromatic N) is 3. The van der Waals surface area contributed by atoms with Gasteiger partial charge in [0.2, 0.25) is 11.8 Å². The van der Waals surface area contributed by atoms with Gasteiger partial charge in [-0.05, 0) is 42.7 Å². The Morgan fingerprint density at radius 2 is 1.76 bits per heavy atom. The zero-order valence-electron chi connectivity index (χ0n) is 20.6. The first-order valence-corrected chi connectivity index (χ1v) is 11.8. The first kappa shape index (κ1) is 25.6. The number of rotatable bonds is 9. The van der Waals surface area contributed by atoms with E-state index in [9.17, 15) is 29.1 Å². The molecule has 2 N–H and O–H groups in total. The summed E-state index contributed by atoms with van der Waals surface area (Å²) in [6.45, 7) is 3.91. The number of nitrogens with one attached hydrogen (secondary N) is 1. The molecule has 2 amide bonds. The van der Waals surface area contributed by atoms with Crippen LogP contribution in [0.25, 0.3) is 16.6 Å². The van der Waals surface area contributed by atoms with Gasteiger partial charge in [0.25, 0.3) is 5.56 Å². The lowest BCUT2D eigenvalue weighted by Crippen LogP contribution is -2.49. The van der Waals surface area contributed by atoms with Crippen LogP contribution in [-0.4, -0.2) is 57.1 Å². The zero-order chi connectivity index (χ0) is 26.9. The fraction of sp³-hybridized carbons (Fsp3) is 0.296. The lowest BCUT2D eigenvalue weighted by Gasteiger charge is -2.22. The van der Waals surface area contributed by atoms with Crippen molar-refractivity contribution in [3.05, 3.63) is 87.6 Å². The number of fused-ring (bicyclic) bond motifs is 1. The number of carboxylic acids is 1. The number of allylic oxidation sites excluding steroid dienone is 1. The molecule has 1 atom stereocenters. The fourth-order valence-electron chi connectivity index (χ4n) is 4.46. The Kier molecular flexibility index (Phi) is 6.84. The van der Waals surface area contributed by atoms with Crippen molar-refractivity contribution < 1.29 is 19.5 Å². The third-order valence-corrected chi connectivity index (χ3v) is 6.60. The molecule has 1 heterocycles. The normalized spacial score (nSPS) is 14.5. The van der Waals surface area contributed by atoms with Crippen molar-refractivity contribution in [3.8, 4) is 5.69 Å². The molecule has 0 bridgehead atoms. The summed E-state index contributed by atoms with van der Waals surface area (Å²) < 4.78 is 2.52. The standard InChI is InChI=1S/C27H28N4O6/c1-4-15-30-21-8-6-5-7-19(21)22(32)31(26(30)37)18-11-9-17(10-12-18)16-20(23(33)34)28-24(35)27(13-14-27)25(36)29(2)3/h4-12,20H,1,13-16H2,2-3H3,(H,28,35)(H,33,34)/t20-/m0/s1. The topological polar surface area (TPSA) is 131 Å². The van der Waals surface area contributed by atoms with E-state index in [0.29, 0.717) is 35.0 Å². The Hall–Kier alpha value is -4.47. The molecule has 0 saturated heterocycles. The summed E-state index contributed by atoms with van der Waals surface area (Å²) in [5, 5.41) is 12.6. The maximum absolute atomic E-state index is 13.2. The quantitative estimate of drug-likeness (QED) is 0.334. The van der Waals surface area contributed by atoms with E-state index in [0.717, 1.165) is 4.57 Å². The van der Waals surface area contributed by atoms with Crippen LogP contribution in [0.5, 0.6) is 0 Å². The van der Waals surface area contributed by atoms with Crippen molar-refractivity contribution in [1.29, 1.82) is 0 Å². The lowest BCUT2D eigenvalue weighted by atomic mass is 10.0. The number of para-hydroxylation sites is 1. The monoisotopic (exact) mass is 504 g/mol. The van der Waals surface area contributed by atoms with Gasteiger partial charge in [0.1, 0.15) is 11.5 Å². The highest BCUT2D eigenvalue weighted by Crippen LogP contribution is 2.47. The van der Waals surface area contributed by atoms with Crippen molar-refractivity contribution in [2.75, 3.05) is 14.1 Å². The average molecular weight is 505 g/mol. The van der Waals surface area contributed by atoms with Gasteiger partial charge >= 0.3 is 11.7 Å². The van der Waals surface area contributed by atoms with Gasteiger partial charge in [0, 0.05) is 27.1 Å². The zero-order valence-corrected chi connectivity index (χ0v) is 20.6. The van der Waals surface area contributed by atoms with Crippen LogP contribution in [0.4, 0.5) is 0 Å². The van der Waals surface area contributed by atoms with Crippen molar-refractivity contribution in [2.45, 2.75) is 31.8 Å². The number of hydrogen-bond acceptors (Lipinski definition) is 5. The lowest BCUT2D eigenvalue weighted by molar-refractivity contribution is -0.147. The Bertz CT molecular complexity index is 1510.